The van der Waals surface area contributed by atoms with E-state index in [-0.39, 0.29) is 42.4 Å². The molecule has 246 valence electrons. The number of allylic oxidation sites excluding steroid dienone is 1. The molecule has 14 heteroatoms. The number of alkyl carbamates (subject to hydrolysis) is 1. The lowest BCUT2D eigenvalue weighted by Crippen LogP contribution is -2.56. The van der Waals surface area contributed by atoms with Crippen LogP contribution in [0.3, 0.4) is 0 Å². The normalized spacial score (nSPS) is 38.0. The average molecular weight is 638 g/mol. The van der Waals surface area contributed by atoms with Gasteiger partial charge in [-0.3, -0.25) is 9.59 Å². The number of nitrogens with zero attached hydrogens (tertiary/aromatic N) is 2. The highest BCUT2D eigenvalue weighted by Crippen LogP contribution is 2.45. The zero-order valence-electron chi connectivity index (χ0n) is 25.9. The molecule has 0 aromatic rings. The largest absolute Gasteiger partial charge is 0.479 e. The van der Waals surface area contributed by atoms with Crippen molar-refractivity contribution >= 4 is 35.5 Å². The summed E-state index contributed by atoms with van der Waals surface area (Å²) in [7, 11) is 0. The van der Waals surface area contributed by atoms with Crippen LogP contribution in [0.1, 0.15) is 91.4 Å². The zero-order valence-corrected chi connectivity index (χ0v) is 26.7. The molecule has 2 saturated carbocycles. The van der Waals surface area contributed by atoms with Gasteiger partial charge in [0.05, 0.1) is 12.2 Å². The first-order valence-electron chi connectivity index (χ1n) is 16.1. The number of nitrogens with one attached hydrogen (secondary N) is 5. The summed E-state index contributed by atoms with van der Waals surface area (Å²) in [5, 5.41) is 17.6. The minimum atomic E-state index is -1.38. The van der Waals surface area contributed by atoms with Crippen LogP contribution in [-0.2, 0) is 19.1 Å². The van der Waals surface area contributed by atoms with E-state index in [1.165, 1.54) is 4.90 Å². The summed E-state index contributed by atoms with van der Waals surface area (Å²) in [4.78, 5) is 54.7. The molecule has 3 aliphatic heterocycles. The van der Waals surface area contributed by atoms with E-state index in [0.717, 1.165) is 44.9 Å². The number of carbonyl (C=O) groups is 4. The first-order chi connectivity index (χ1) is 20.9. The fourth-order valence-electron chi connectivity index (χ4n) is 6.96. The van der Waals surface area contributed by atoms with Gasteiger partial charge < -0.3 is 25.4 Å². The third-order valence-electron chi connectivity index (χ3n) is 9.43. The maximum absolute atomic E-state index is 14.2. The second-order valence-corrected chi connectivity index (χ2v) is 14.6. The van der Waals surface area contributed by atoms with Crippen molar-refractivity contribution in [1.29, 1.82) is 0 Å². The molecule has 3 amide bonds. The number of alkyl halides is 1. The number of fused-ring (bicyclic) bond motifs is 2. The van der Waals surface area contributed by atoms with Gasteiger partial charge >= 0.3 is 12.1 Å². The van der Waals surface area contributed by atoms with Crippen LogP contribution in [0.2, 0.25) is 0 Å². The molecule has 0 bridgehead atoms. The Kier molecular flexibility index (Phi) is 10.1. The van der Waals surface area contributed by atoms with Gasteiger partial charge in [-0.2, -0.15) is 10.7 Å². The highest BCUT2D eigenvalue weighted by Gasteiger charge is 2.61. The van der Waals surface area contributed by atoms with E-state index in [2.05, 4.69) is 27.0 Å². The second kappa shape index (κ2) is 13.5. The molecule has 2 saturated heterocycles. The lowest BCUT2D eigenvalue weighted by molar-refractivity contribution is -0.145. The molecule has 3 heterocycles. The molecule has 13 nitrogen and oxygen atoms in total. The summed E-state index contributed by atoms with van der Waals surface area (Å²) in [6.45, 7) is 5.46. The molecule has 2 aliphatic carbocycles. The van der Waals surface area contributed by atoms with Crippen LogP contribution < -0.4 is 27.0 Å². The summed E-state index contributed by atoms with van der Waals surface area (Å²) >= 11 is 6.45. The molecular formula is C30H48ClN7O6. The highest BCUT2D eigenvalue weighted by molar-refractivity contribution is 6.20. The first kappa shape index (κ1) is 32.9. The molecule has 4 fully saturated rings. The smallest absolute Gasteiger partial charge is 0.408 e. The zero-order chi connectivity index (χ0) is 31.6. The van der Waals surface area contributed by atoms with E-state index in [1.807, 2.05) is 12.2 Å². The van der Waals surface area contributed by atoms with Crippen molar-refractivity contribution < 1.29 is 29.0 Å². The molecule has 3 unspecified atom stereocenters. The minimum absolute atomic E-state index is 0.0602. The summed E-state index contributed by atoms with van der Waals surface area (Å²) in [5.74, 6) is -1.96. The third-order valence-corrected chi connectivity index (χ3v) is 9.83. The third kappa shape index (κ3) is 7.67. The lowest BCUT2D eigenvalue weighted by atomic mass is 9.87. The topological polar surface area (TPSA) is 164 Å². The van der Waals surface area contributed by atoms with Crippen LogP contribution in [0.15, 0.2) is 12.2 Å². The van der Waals surface area contributed by atoms with Crippen molar-refractivity contribution in [2.75, 3.05) is 6.54 Å². The highest BCUT2D eigenvalue weighted by atomic mass is 35.5. The minimum Gasteiger partial charge on any atom is -0.479 e. The standard InChI is InChI=1S/C30H48ClN7O6/c1-29(2,3)44-28(43)32-22-13-8-6-4-5-7-11-19-16-30(19,27(41)42)33-25(39)23-15-21(17-37(23)26(22)40)38-35-24(34-36-38)18-10-9-12-20(31)14-18/h7,11,18-24,34-36H,4-6,8-10,12-17H2,1-3H3,(H,32,43)(H,33,39)(H,41,42)/b11-7-/t18?,19-,20?,21+,22-,23+,24?,30+/m1/s1. The van der Waals surface area contributed by atoms with Gasteiger partial charge in [-0.15, -0.1) is 11.6 Å². The Morgan fingerprint density at radius 1 is 1.11 bits per heavy atom. The summed E-state index contributed by atoms with van der Waals surface area (Å²) in [5.41, 5.74) is 7.81. The number of hydrogen-bond donors (Lipinski definition) is 6. The Labute approximate surface area is 264 Å². The molecule has 0 spiro atoms. The fourth-order valence-corrected chi connectivity index (χ4v) is 7.34. The van der Waals surface area contributed by atoms with Gasteiger partial charge in [-0.25, -0.2) is 20.4 Å². The average Bonchev–Trinajstić information content (AvgIpc) is 3.27. The van der Waals surface area contributed by atoms with Crippen LogP contribution in [0.5, 0.6) is 0 Å². The number of ether oxygens (including phenoxy) is 1. The molecule has 6 N–H and O–H groups in total. The number of carboxylic acid groups (broad SMARTS) is 1. The lowest BCUT2D eigenvalue weighted by Gasteiger charge is -2.31. The molecule has 5 aliphatic rings. The van der Waals surface area contributed by atoms with Crippen molar-refractivity contribution in [1.82, 2.24) is 37.0 Å². The van der Waals surface area contributed by atoms with Crippen LogP contribution in [0, 0.1) is 11.8 Å². The van der Waals surface area contributed by atoms with E-state index < -0.39 is 41.2 Å². The molecule has 0 radical (unpaired) electrons. The predicted octanol–water partition coefficient (Wildman–Crippen LogP) is 2.28. The van der Waals surface area contributed by atoms with Crippen LogP contribution in [0.25, 0.3) is 0 Å². The SMILES string of the molecule is CC(C)(C)OC(=O)N[C@@H]1CCCCC/C=C\[C@@H]2C[C@]2(C(=O)O)NC(=O)[C@@H]2C[C@H](N3NNC(C4CCCC(Cl)C4)N3)CN2C1=O. The Bertz CT molecular complexity index is 1130. The molecule has 0 aromatic heterocycles. The fraction of sp³-hybridized carbons (Fsp3) is 0.800. The van der Waals surface area contributed by atoms with E-state index in [1.54, 1.807) is 25.9 Å². The number of carboxylic acids is 1. The maximum Gasteiger partial charge on any atom is 0.408 e. The molecule has 44 heavy (non-hydrogen) atoms. The summed E-state index contributed by atoms with van der Waals surface area (Å²) < 4.78 is 5.47. The molecule has 5 rings (SSSR count). The number of halogens is 1. The van der Waals surface area contributed by atoms with E-state index >= 15 is 0 Å². The monoisotopic (exact) mass is 637 g/mol. The van der Waals surface area contributed by atoms with Crippen molar-refractivity contribution in [2.45, 2.75) is 132 Å². The molecule has 0 aromatic carbocycles. The van der Waals surface area contributed by atoms with Crippen LogP contribution in [-0.4, -0.2) is 86.4 Å². The quantitative estimate of drug-likeness (QED) is 0.199. The maximum atomic E-state index is 14.2. The summed E-state index contributed by atoms with van der Waals surface area (Å²) in [6.07, 6.45) is 11.2. The van der Waals surface area contributed by atoms with Gasteiger partial charge in [-0.05, 0) is 78.1 Å². The number of aliphatic carboxylic acids is 1. The van der Waals surface area contributed by atoms with Gasteiger partial charge in [0.2, 0.25) is 11.8 Å². The Morgan fingerprint density at radius 3 is 2.64 bits per heavy atom. The first-order valence-corrected chi connectivity index (χ1v) is 16.5. The van der Waals surface area contributed by atoms with Crippen molar-refractivity contribution in [3.63, 3.8) is 0 Å². The number of hydrogen-bond acceptors (Lipinski definition) is 9. The van der Waals surface area contributed by atoms with Gasteiger partial charge in [0, 0.05) is 17.8 Å². The van der Waals surface area contributed by atoms with E-state index in [0.29, 0.717) is 25.2 Å². The number of hydrazine groups is 3. The Morgan fingerprint density at radius 2 is 1.91 bits per heavy atom. The van der Waals surface area contributed by atoms with Gasteiger partial charge in [0.1, 0.15) is 23.2 Å². The number of rotatable bonds is 4. The van der Waals surface area contributed by atoms with Gasteiger partial charge in [0.15, 0.2) is 0 Å². The van der Waals surface area contributed by atoms with Crippen molar-refractivity contribution in [3.8, 4) is 0 Å². The van der Waals surface area contributed by atoms with Crippen LogP contribution >= 0.6 is 11.6 Å². The molecular weight excluding hydrogens is 590 g/mol. The van der Waals surface area contributed by atoms with Gasteiger partial charge in [-0.1, -0.05) is 31.4 Å². The van der Waals surface area contributed by atoms with Gasteiger partial charge in [0.25, 0.3) is 0 Å². The predicted molar refractivity (Wildman–Crippen MR) is 163 cm³/mol. The van der Waals surface area contributed by atoms with Crippen molar-refractivity contribution in [3.05, 3.63) is 12.2 Å². The second-order valence-electron chi connectivity index (χ2n) is 14.0. The Hall–Kier alpha value is -2.45. The van der Waals surface area contributed by atoms with E-state index in [4.69, 9.17) is 16.3 Å². The Balaban J connectivity index is 1.37. The summed E-state index contributed by atoms with van der Waals surface area (Å²) in [6, 6.07) is -2.12. The van der Waals surface area contributed by atoms with E-state index in [9.17, 15) is 24.3 Å². The van der Waals surface area contributed by atoms with Crippen molar-refractivity contribution in [2.24, 2.45) is 11.8 Å². The number of carbonyl (C=O) groups excluding carboxylic acids is 3. The van der Waals surface area contributed by atoms with Crippen LogP contribution in [0.4, 0.5) is 4.79 Å². The number of amides is 3. The molecule has 8 atom stereocenters.